The summed E-state index contributed by atoms with van der Waals surface area (Å²) in [5.41, 5.74) is 3.61. The smallest absolute Gasteiger partial charge is 0.480 e. The maximum Gasteiger partial charge on any atom is 1.00 e. The molecule has 3 N–H and O–H groups in total. The van der Waals surface area contributed by atoms with Gasteiger partial charge in [-0.05, 0) is 57.9 Å². The molecular formula is C29H37FKN6O3-. The number of benzene rings is 1. The minimum atomic E-state index is -0.499. The molecule has 1 aliphatic heterocycles. The molecule has 40 heavy (non-hydrogen) atoms. The number of nitrogens with one attached hydrogen (secondary N) is 3. The fraction of sp³-hybridized carbons (Fsp3) is 0.379. The Morgan fingerprint density at radius 3 is 2.75 bits per heavy atom. The number of aromatic nitrogens is 3. The number of rotatable bonds is 9. The van der Waals surface area contributed by atoms with Gasteiger partial charge < -0.3 is 25.1 Å². The number of amides is 2. The standard InChI is InChI=1S/C20H19FN4O2.C9H18N2O.K/c1-12-5-6-16(21)18(7-12)23-19(26)13(2)8-14-9-17(22-10-14)15-11-25(3)24-20(15)27-4;1-9(2)4-3-6-11(9)7-5-10-8-12;/h5-9,11,22H,2H2,1,3-4H3,(H,23,26);8H,3-7H2,1-2H3,(H,10,12);/q-2;;+1/b13-8+;;. The number of anilines is 1. The van der Waals surface area contributed by atoms with Crippen LogP contribution in [0.2, 0.25) is 0 Å². The van der Waals surface area contributed by atoms with Crippen LogP contribution in [0.25, 0.3) is 17.3 Å². The zero-order chi connectivity index (χ0) is 28.6. The molecule has 3 aromatic rings. The number of hydrogen-bond donors (Lipinski definition) is 3. The van der Waals surface area contributed by atoms with Crippen molar-refractivity contribution >= 4 is 24.1 Å². The molecule has 0 saturated carbocycles. The average Bonchev–Trinajstić information content (AvgIpc) is 3.60. The summed E-state index contributed by atoms with van der Waals surface area (Å²) in [7, 11) is 3.34. The number of methoxy groups -OCH3 is 1. The van der Waals surface area contributed by atoms with Crippen LogP contribution < -0.4 is 66.8 Å². The first kappa shape index (κ1) is 33.8. The number of aromatic amines is 1. The predicted octanol–water partition coefficient (Wildman–Crippen LogP) is 1.14. The molecule has 0 spiro atoms. The minimum absolute atomic E-state index is 0. The van der Waals surface area contributed by atoms with Gasteiger partial charge in [0, 0.05) is 37.4 Å². The number of hydrogen-bond acceptors (Lipinski definition) is 5. The van der Waals surface area contributed by atoms with Gasteiger partial charge in [-0.25, -0.2) is 4.39 Å². The molecule has 3 heterocycles. The molecule has 0 unspecified atom stereocenters. The van der Waals surface area contributed by atoms with Crippen LogP contribution in [0.15, 0.2) is 36.0 Å². The molecule has 4 rings (SSSR count). The Balaban J connectivity index is 0.000000363. The maximum atomic E-state index is 13.8. The number of likely N-dealkylation sites (tertiary alicyclic amines) is 1. The van der Waals surface area contributed by atoms with Crippen LogP contribution in [0.3, 0.4) is 0 Å². The van der Waals surface area contributed by atoms with Crippen LogP contribution >= 0.6 is 0 Å². The monoisotopic (exact) mass is 575 g/mol. The van der Waals surface area contributed by atoms with Gasteiger partial charge in [-0.2, -0.15) is 13.0 Å². The Kier molecular flexibility index (Phi) is 13.1. The van der Waals surface area contributed by atoms with Crippen molar-refractivity contribution in [2.45, 2.75) is 39.2 Å². The van der Waals surface area contributed by atoms with Gasteiger partial charge in [0.2, 0.25) is 12.3 Å². The van der Waals surface area contributed by atoms with Crippen LogP contribution in [0.4, 0.5) is 10.1 Å². The number of carbonyl (C=O) groups is 2. The van der Waals surface area contributed by atoms with Gasteiger partial charge in [0.15, 0.2) is 0 Å². The summed E-state index contributed by atoms with van der Waals surface area (Å²) >= 11 is 0. The molecule has 1 aromatic carbocycles. The second-order valence-corrected chi connectivity index (χ2v) is 10.1. The van der Waals surface area contributed by atoms with E-state index in [0.717, 1.165) is 36.3 Å². The number of H-pyrrole nitrogens is 1. The Labute approximate surface area is 278 Å². The third-order valence-electron chi connectivity index (χ3n) is 6.59. The predicted molar refractivity (Wildman–Crippen MR) is 150 cm³/mol. The fourth-order valence-electron chi connectivity index (χ4n) is 4.42. The Morgan fingerprint density at radius 1 is 1.35 bits per heavy atom. The van der Waals surface area contributed by atoms with E-state index in [4.69, 9.17) is 4.74 Å². The van der Waals surface area contributed by atoms with Gasteiger partial charge >= 0.3 is 51.4 Å². The largest absolute Gasteiger partial charge is 1.00 e. The Hall–Kier alpha value is -2.41. The van der Waals surface area contributed by atoms with Crippen molar-refractivity contribution in [1.29, 1.82) is 0 Å². The summed E-state index contributed by atoms with van der Waals surface area (Å²) in [6.45, 7) is 13.0. The summed E-state index contributed by atoms with van der Waals surface area (Å²) in [5.74, 6) is -0.513. The maximum absolute atomic E-state index is 13.8. The molecule has 0 bridgehead atoms. The molecule has 0 aliphatic carbocycles. The van der Waals surface area contributed by atoms with E-state index in [1.54, 1.807) is 43.1 Å². The van der Waals surface area contributed by atoms with E-state index in [0.29, 0.717) is 17.0 Å². The van der Waals surface area contributed by atoms with E-state index in [1.807, 2.05) is 13.1 Å². The first-order chi connectivity index (χ1) is 18.5. The van der Waals surface area contributed by atoms with Crippen molar-refractivity contribution in [3.05, 3.63) is 66.1 Å². The third kappa shape index (κ3) is 9.32. The van der Waals surface area contributed by atoms with E-state index < -0.39 is 11.7 Å². The molecule has 2 amide bonds. The van der Waals surface area contributed by atoms with Gasteiger partial charge in [0.05, 0.1) is 12.8 Å². The number of halogens is 1. The van der Waals surface area contributed by atoms with Crippen LogP contribution in [-0.4, -0.2) is 64.3 Å². The van der Waals surface area contributed by atoms with Gasteiger partial charge in [-0.15, -0.1) is 22.3 Å². The molecule has 0 atom stereocenters. The van der Waals surface area contributed by atoms with Crippen molar-refractivity contribution in [2.75, 3.05) is 32.1 Å². The molecule has 0 radical (unpaired) electrons. The van der Waals surface area contributed by atoms with Crippen molar-refractivity contribution in [3.8, 4) is 17.1 Å². The quantitative estimate of drug-likeness (QED) is 0.117. The first-order valence-electron chi connectivity index (χ1n) is 12.8. The summed E-state index contributed by atoms with van der Waals surface area (Å²) < 4.78 is 20.7. The molecule has 11 heteroatoms. The third-order valence-corrected chi connectivity index (χ3v) is 6.59. The summed E-state index contributed by atoms with van der Waals surface area (Å²) in [6, 6.07) is 6.31. The molecule has 1 saturated heterocycles. The summed E-state index contributed by atoms with van der Waals surface area (Å²) in [5, 5.41) is 9.42. The van der Waals surface area contributed by atoms with E-state index in [2.05, 4.69) is 52.6 Å². The van der Waals surface area contributed by atoms with Gasteiger partial charge in [-0.3, -0.25) is 14.4 Å². The Morgan fingerprint density at radius 2 is 2.10 bits per heavy atom. The second kappa shape index (κ2) is 15.5. The molecule has 2 aromatic heterocycles. The zero-order valence-corrected chi connectivity index (χ0v) is 27.4. The van der Waals surface area contributed by atoms with Crippen LogP contribution in [0.5, 0.6) is 5.88 Å². The number of ether oxygens (including phenoxy) is 1. The number of carbonyl (C=O) groups excluding carboxylic acids is 2. The van der Waals surface area contributed by atoms with E-state index in [9.17, 15) is 14.0 Å². The molecule has 1 fully saturated rings. The first-order valence-corrected chi connectivity index (χ1v) is 12.8. The second-order valence-electron chi connectivity index (χ2n) is 10.1. The van der Waals surface area contributed by atoms with Crippen LogP contribution in [0, 0.1) is 25.9 Å². The normalized spacial score (nSPS) is 14.5. The molecular weight excluding hydrogens is 538 g/mol. The molecule has 210 valence electrons. The average molecular weight is 576 g/mol. The fourth-order valence-corrected chi connectivity index (χ4v) is 4.42. The van der Waals surface area contributed by atoms with E-state index >= 15 is 0 Å². The SMILES string of the molecule is CC1(C)CCCN1CCNC=O.[CH2-]/C(=C\c1[c-][nH]c(-c2cn(C)nc2OC)c1)C(=O)Nc1cc(C)ccc1F.[K+]. The van der Waals surface area contributed by atoms with E-state index in [-0.39, 0.29) is 62.6 Å². The van der Waals surface area contributed by atoms with E-state index in [1.165, 1.54) is 25.5 Å². The van der Waals surface area contributed by atoms with Crippen molar-refractivity contribution in [3.63, 3.8) is 0 Å². The van der Waals surface area contributed by atoms with Crippen LogP contribution in [-0.2, 0) is 16.6 Å². The molecule has 9 nitrogen and oxygen atoms in total. The zero-order valence-electron chi connectivity index (χ0n) is 24.2. The summed E-state index contributed by atoms with van der Waals surface area (Å²) in [6.07, 6.45) is 9.64. The van der Waals surface area contributed by atoms with Crippen molar-refractivity contribution in [2.24, 2.45) is 7.05 Å². The van der Waals surface area contributed by atoms with Gasteiger partial charge in [-0.1, -0.05) is 18.0 Å². The van der Waals surface area contributed by atoms with Gasteiger partial charge in [0.1, 0.15) is 11.7 Å². The topological polar surface area (TPSA) is 104 Å². The molecule has 1 aliphatic rings. The van der Waals surface area contributed by atoms with Crippen molar-refractivity contribution in [1.82, 2.24) is 25.0 Å². The van der Waals surface area contributed by atoms with Gasteiger partial charge in [0.25, 0.3) is 0 Å². The number of nitrogens with zero attached hydrogens (tertiary/aromatic N) is 3. The minimum Gasteiger partial charge on any atom is -0.480 e. The van der Waals surface area contributed by atoms with Crippen LogP contribution in [0.1, 0.15) is 37.8 Å². The van der Waals surface area contributed by atoms with Crippen molar-refractivity contribution < 1.29 is 70.1 Å². The number of aryl methyl sites for hydroxylation is 2. The summed E-state index contributed by atoms with van der Waals surface area (Å²) in [4.78, 5) is 27.7. The Bertz CT molecular complexity index is 1320.